The molecule has 0 bridgehead atoms. The topological polar surface area (TPSA) is 49.3 Å². The summed E-state index contributed by atoms with van der Waals surface area (Å²) in [4.78, 5) is 15.3. The molecule has 4 rings (SSSR count). The number of nitrogens with zero attached hydrogens (tertiary/aromatic N) is 2. The van der Waals surface area contributed by atoms with Gasteiger partial charge in [-0.3, -0.25) is 4.79 Å². The minimum absolute atomic E-state index is 0.137. The lowest BCUT2D eigenvalue weighted by Crippen LogP contribution is -2.33. The number of para-hydroxylation sites is 1. The van der Waals surface area contributed by atoms with Gasteiger partial charge in [0, 0.05) is 41.8 Å². The molecule has 1 amide bonds. The monoisotopic (exact) mass is 386 g/mol. The van der Waals surface area contributed by atoms with Gasteiger partial charge in [-0.15, -0.1) is 0 Å². The highest BCUT2D eigenvalue weighted by Gasteiger charge is 2.22. The van der Waals surface area contributed by atoms with Crippen molar-refractivity contribution < 1.29 is 9.18 Å². The van der Waals surface area contributed by atoms with Crippen molar-refractivity contribution in [1.82, 2.24) is 14.5 Å². The van der Waals surface area contributed by atoms with E-state index in [1.54, 1.807) is 12.1 Å². The number of aromatic nitrogens is 1. The maximum Gasteiger partial charge on any atom is 0.244 e. The van der Waals surface area contributed by atoms with E-state index in [4.69, 9.17) is 11.8 Å². The molecule has 0 radical (unpaired) electrons. The lowest BCUT2D eigenvalue weighted by molar-refractivity contribution is -0.116. The number of rotatable bonds is 4. The fraction of sp³-hybridized carbons (Fsp3) is 0.250. The predicted octanol–water partition coefficient (Wildman–Crippen LogP) is 3.48. The van der Waals surface area contributed by atoms with Gasteiger partial charge < -0.3 is 9.88 Å². The SMILES string of the molecule is O=C(Cn1c2c(c3ccccc31)CCN(NCl)CC2)Nc1ccc(F)cc1. The van der Waals surface area contributed by atoms with Crippen molar-refractivity contribution >= 4 is 34.3 Å². The molecule has 140 valence electrons. The number of carbonyl (C=O) groups excluding carboxylic acids is 1. The van der Waals surface area contributed by atoms with Crippen molar-refractivity contribution in [2.45, 2.75) is 19.4 Å². The van der Waals surface area contributed by atoms with Crippen LogP contribution in [0.1, 0.15) is 11.3 Å². The first kappa shape index (κ1) is 18.0. The third kappa shape index (κ3) is 3.69. The summed E-state index contributed by atoms with van der Waals surface area (Å²) in [5.74, 6) is -0.464. The molecule has 2 heterocycles. The molecule has 0 spiro atoms. The van der Waals surface area contributed by atoms with Crippen LogP contribution in [0.3, 0.4) is 0 Å². The van der Waals surface area contributed by atoms with Crippen LogP contribution >= 0.6 is 11.8 Å². The van der Waals surface area contributed by atoms with Gasteiger partial charge in [0.1, 0.15) is 12.4 Å². The number of benzene rings is 2. The zero-order chi connectivity index (χ0) is 18.8. The Balaban J connectivity index is 1.64. The third-order valence-corrected chi connectivity index (χ3v) is 5.23. The van der Waals surface area contributed by atoms with E-state index in [9.17, 15) is 9.18 Å². The van der Waals surface area contributed by atoms with Crippen LogP contribution in [0.4, 0.5) is 10.1 Å². The fourth-order valence-corrected chi connectivity index (χ4v) is 3.90. The van der Waals surface area contributed by atoms with Crippen LogP contribution in [0, 0.1) is 5.82 Å². The number of nitrogens with one attached hydrogen (secondary N) is 2. The number of amides is 1. The molecule has 5 nitrogen and oxygen atoms in total. The minimum Gasteiger partial charge on any atom is -0.335 e. The van der Waals surface area contributed by atoms with E-state index in [1.807, 2.05) is 23.2 Å². The van der Waals surface area contributed by atoms with Crippen LogP contribution in [-0.2, 0) is 24.2 Å². The Kier molecular flexibility index (Phi) is 5.11. The van der Waals surface area contributed by atoms with E-state index in [0.29, 0.717) is 5.69 Å². The van der Waals surface area contributed by atoms with Crippen LogP contribution in [0.25, 0.3) is 10.9 Å². The molecule has 7 heteroatoms. The fourth-order valence-electron chi connectivity index (χ4n) is 3.73. The molecule has 1 aliphatic rings. The molecule has 0 aliphatic carbocycles. The van der Waals surface area contributed by atoms with Crippen LogP contribution in [0.15, 0.2) is 48.5 Å². The number of hydrazine groups is 1. The first-order valence-electron chi connectivity index (χ1n) is 8.91. The molecular formula is C20H20ClFN4O. The normalized spacial score (nSPS) is 14.7. The summed E-state index contributed by atoms with van der Waals surface area (Å²) < 4.78 is 15.1. The van der Waals surface area contributed by atoms with E-state index in [-0.39, 0.29) is 18.3 Å². The van der Waals surface area contributed by atoms with Gasteiger partial charge in [-0.2, -0.15) is 4.94 Å². The van der Waals surface area contributed by atoms with Crippen LogP contribution in [0.2, 0.25) is 0 Å². The molecule has 27 heavy (non-hydrogen) atoms. The van der Waals surface area contributed by atoms with Gasteiger partial charge in [-0.25, -0.2) is 9.40 Å². The maximum absolute atomic E-state index is 13.1. The average Bonchev–Trinajstić information content (AvgIpc) is 2.83. The van der Waals surface area contributed by atoms with E-state index < -0.39 is 0 Å². The van der Waals surface area contributed by atoms with Crippen LogP contribution in [-0.4, -0.2) is 28.6 Å². The highest BCUT2D eigenvalue weighted by Crippen LogP contribution is 2.29. The quantitative estimate of drug-likeness (QED) is 0.675. The molecule has 0 saturated carbocycles. The molecule has 0 unspecified atom stereocenters. The highest BCUT2D eigenvalue weighted by atomic mass is 35.5. The molecular weight excluding hydrogens is 367 g/mol. The van der Waals surface area contributed by atoms with E-state index in [1.165, 1.54) is 28.8 Å². The van der Waals surface area contributed by atoms with Gasteiger partial charge in [-0.1, -0.05) is 18.2 Å². The molecule has 1 aromatic heterocycles. The maximum atomic E-state index is 13.1. The number of halogens is 2. The van der Waals surface area contributed by atoms with E-state index in [0.717, 1.165) is 31.4 Å². The number of hydrogen-bond donors (Lipinski definition) is 2. The summed E-state index contributed by atoms with van der Waals surface area (Å²) in [5.41, 5.74) is 4.08. The van der Waals surface area contributed by atoms with Gasteiger partial charge in [0.05, 0.1) is 0 Å². The largest absolute Gasteiger partial charge is 0.335 e. The summed E-state index contributed by atoms with van der Waals surface area (Å²) in [6, 6.07) is 14.0. The van der Waals surface area contributed by atoms with Crippen molar-refractivity contribution in [3.8, 4) is 0 Å². The zero-order valence-corrected chi connectivity index (χ0v) is 15.5. The van der Waals surface area contributed by atoms with Crippen LogP contribution in [0.5, 0.6) is 0 Å². The summed E-state index contributed by atoms with van der Waals surface area (Å²) in [6.45, 7) is 1.79. The summed E-state index contributed by atoms with van der Waals surface area (Å²) >= 11 is 5.78. The van der Waals surface area contributed by atoms with Gasteiger partial charge >= 0.3 is 0 Å². The van der Waals surface area contributed by atoms with Crippen molar-refractivity contribution in [1.29, 1.82) is 0 Å². The van der Waals surface area contributed by atoms with Crippen molar-refractivity contribution in [2.24, 2.45) is 0 Å². The first-order chi connectivity index (χ1) is 13.2. The number of hydrogen-bond acceptors (Lipinski definition) is 3. The third-order valence-electron chi connectivity index (χ3n) is 4.99. The summed E-state index contributed by atoms with van der Waals surface area (Å²) in [7, 11) is 0. The highest BCUT2D eigenvalue weighted by molar-refractivity contribution is 6.13. The Bertz CT molecular complexity index is 970. The lowest BCUT2D eigenvalue weighted by Gasteiger charge is -2.16. The summed E-state index contributed by atoms with van der Waals surface area (Å²) in [6.07, 6.45) is 1.66. The molecule has 1 aliphatic heterocycles. The van der Waals surface area contributed by atoms with Gasteiger partial charge in [-0.05, 0) is 54.1 Å². The average molecular weight is 387 g/mol. The molecule has 0 saturated heterocycles. The molecule has 3 aromatic rings. The predicted molar refractivity (Wildman–Crippen MR) is 105 cm³/mol. The van der Waals surface area contributed by atoms with Crippen molar-refractivity contribution in [3.05, 3.63) is 65.6 Å². The molecule has 2 N–H and O–H groups in total. The number of anilines is 1. The Morgan fingerprint density at radius 3 is 2.59 bits per heavy atom. The van der Waals surface area contributed by atoms with Gasteiger partial charge in [0.15, 0.2) is 0 Å². The summed E-state index contributed by atoms with van der Waals surface area (Å²) in [5, 5.41) is 5.99. The van der Waals surface area contributed by atoms with Gasteiger partial charge in [0.2, 0.25) is 5.91 Å². The Labute approximate surface area is 161 Å². The van der Waals surface area contributed by atoms with Crippen molar-refractivity contribution in [2.75, 3.05) is 18.4 Å². The minimum atomic E-state index is -0.327. The Morgan fingerprint density at radius 2 is 1.81 bits per heavy atom. The second kappa shape index (κ2) is 7.68. The lowest BCUT2D eigenvalue weighted by atomic mass is 10.1. The zero-order valence-electron chi connectivity index (χ0n) is 14.7. The standard InChI is InChI=1S/C20H20ClFN4O/c21-24-25-11-9-17-16-3-1-2-4-18(16)26(19(17)10-12-25)13-20(27)23-15-7-5-14(22)6-8-15/h1-8,24H,9-13H2,(H,23,27). The van der Waals surface area contributed by atoms with Crippen LogP contribution < -0.4 is 10.3 Å². The van der Waals surface area contributed by atoms with E-state index >= 15 is 0 Å². The number of fused-ring (bicyclic) bond motifs is 3. The smallest absolute Gasteiger partial charge is 0.244 e. The molecule has 0 atom stereocenters. The van der Waals surface area contributed by atoms with Crippen molar-refractivity contribution in [3.63, 3.8) is 0 Å². The van der Waals surface area contributed by atoms with E-state index in [2.05, 4.69) is 20.9 Å². The van der Waals surface area contributed by atoms with Gasteiger partial charge in [0.25, 0.3) is 0 Å². The molecule has 2 aromatic carbocycles. The molecule has 0 fully saturated rings. The Hall–Kier alpha value is -2.41. The first-order valence-corrected chi connectivity index (χ1v) is 9.29. The second-order valence-electron chi connectivity index (χ2n) is 6.66. The number of carbonyl (C=O) groups is 1. The second-order valence-corrected chi connectivity index (χ2v) is 6.82. The Morgan fingerprint density at radius 1 is 1.07 bits per heavy atom.